The van der Waals surface area contributed by atoms with Crippen molar-refractivity contribution in [3.63, 3.8) is 0 Å². The van der Waals surface area contributed by atoms with Gasteiger partial charge in [0.1, 0.15) is 0 Å². The fourth-order valence-electron chi connectivity index (χ4n) is 9.31. The molecule has 286 valence electrons. The summed E-state index contributed by atoms with van der Waals surface area (Å²) in [5.41, 5.74) is 18.8. The fraction of sp³-hybridized carbons (Fsp3) is 0.0169. The largest absolute Gasteiger partial charge is 0.228 e. The van der Waals surface area contributed by atoms with Gasteiger partial charge in [-0.25, -0.2) is 9.97 Å². The number of hydrogen-bond acceptors (Lipinski definition) is 2. The average molecular weight is 777 g/mol. The van der Waals surface area contributed by atoms with E-state index in [0.29, 0.717) is 5.82 Å². The molecule has 61 heavy (non-hydrogen) atoms. The van der Waals surface area contributed by atoms with Gasteiger partial charge in [0, 0.05) is 16.7 Å². The van der Waals surface area contributed by atoms with E-state index in [1.165, 1.54) is 44.5 Å². The number of hydrogen-bond donors (Lipinski definition) is 0. The lowest BCUT2D eigenvalue weighted by molar-refractivity contribution is 0.769. The summed E-state index contributed by atoms with van der Waals surface area (Å²) >= 11 is 0. The van der Waals surface area contributed by atoms with Crippen LogP contribution in [0.25, 0.3) is 78.4 Å². The molecule has 0 N–H and O–H groups in total. The lowest BCUT2D eigenvalue weighted by atomic mass is 9.67. The van der Waals surface area contributed by atoms with Crippen LogP contribution in [0.5, 0.6) is 0 Å². The Balaban J connectivity index is 1.10. The quantitative estimate of drug-likeness (QED) is 0.154. The molecule has 0 saturated heterocycles. The summed E-state index contributed by atoms with van der Waals surface area (Å²) < 4.78 is 0. The number of fused-ring (bicyclic) bond motifs is 3. The first kappa shape index (κ1) is 36.2. The van der Waals surface area contributed by atoms with Gasteiger partial charge in [0.25, 0.3) is 0 Å². The lowest BCUT2D eigenvalue weighted by Gasteiger charge is -2.34. The third kappa shape index (κ3) is 6.46. The highest BCUT2D eigenvalue weighted by atomic mass is 14.9. The molecule has 9 aromatic carbocycles. The minimum atomic E-state index is -0.498. The Morgan fingerprint density at radius 3 is 1.23 bits per heavy atom. The van der Waals surface area contributed by atoms with Crippen molar-refractivity contribution in [1.82, 2.24) is 9.97 Å². The molecule has 1 aliphatic carbocycles. The van der Waals surface area contributed by atoms with Crippen molar-refractivity contribution in [3.05, 3.63) is 265 Å². The average Bonchev–Trinajstić information content (AvgIpc) is 3.66. The van der Waals surface area contributed by atoms with Gasteiger partial charge < -0.3 is 0 Å². The van der Waals surface area contributed by atoms with E-state index in [1.54, 1.807) is 0 Å². The van der Waals surface area contributed by atoms with Gasteiger partial charge in [-0.05, 0) is 97.1 Å². The van der Waals surface area contributed by atoms with Crippen LogP contribution in [-0.4, -0.2) is 9.97 Å². The van der Waals surface area contributed by atoms with Crippen molar-refractivity contribution in [2.24, 2.45) is 0 Å². The summed E-state index contributed by atoms with van der Waals surface area (Å²) in [6.45, 7) is 0. The number of benzene rings is 9. The molecule has 1 aromatic heterocycles. The second-order valence-electron chi connectivity index (χ2n) is 15.7. The smallest absolute Gasteiger partial charge is 0.160 e. The Morgan fingerprint density at radius 2 is 0.639 bits per heavy atom. The third-order valence-electron chi connectivity index (χ3n) is 12.2. The van der Waals surface area contributed by atoms with Crippen molar-refractivity contribution in [1.29, 1.82) is 0 Å². The molecule has 0 bridgehead atoms. The van der Waals surface area contributed by atoms with Crippen LogP contribution in [0.2, 0.25) is 0 Å². The monoisotopic (exact) mass is 776 g/mol. The van der Waals surface area contributed by atoms with E-state index >= 15 is 0 Å². The van der Waals surface area contributed by atoms with Crippen LogP contribution in [0, 0.1) is 0 Å². The Labute approximate surface area is 357 Å². The summed E-state index contributed by atoms with van der Waals surface area (Å²) in [5.74, 6) is 0.679. The van der Waals surface area contributed by atoms with Crippen molar-refractivity contribution in [2.45, 2.75) is 5.41 Å². The number of nitrogens with zero attached hydrogens (tertiary/aromatic N) is 2. The highest BCUT2D eigenvalue weighted by molar-refractivity contribution is 5.87. The van der Waals surface area contributed by atoms with E-state index in [0.717, 1.165) is 50.3 Å². The Hall–Kier alpha value is -7.94. The van der Waals surface area contributed by atoms with E-state index in [2.05, 4.69) is 237 Å². The molecule has 2 nitrogen and oxygen atoms in total. The highest BCUT2D eigenvalue weighted by Crippen LogP contribution is 2.56. The van der Waals surface area contributed by atoms with Crippen molar-refractivity contribution in [2.75, 3.05) is 0 Å². The molecular formula is C59H40N2. The van der Waals surface area contributed by atoms with Gasteiger partial charge >= 0.3 is 0 Å². The molecule has 0 amide bonds. The van der Waals surface area contributed by atoms with Crippen LogP contribution < -0.4 is 0 Å². The molecule has 1 heterocycles. The summed E-state index contributed by atoms with van der Waals surface area (Å²) in [4.78, 5) is 10.6. The van der Waals surface area contributed by atoms with Crippen LogP contribution in [-0.2, 0) is 5.41 Å². The molecule has 0 radical (unpaired) electrons. The number of rotatable bonds is 8. The minimum absolute atomic E-state index is 0.498. The zero-order valence-corrected chi connectivity index (χ0v) is 33.5. The normalized spacial score (nSPS) is 12.4. The van der Waals surface area contributed by atoms with E-state index in [9.17, 15) is 0 Å². The molecule has 2 heteroatoms. The minimum Gasteiger partial charge on any atom is -0.228 e. The maximum absolute atomic E-state index is 5.34. The van der Waals surface area contributed by atoms with E-state index < -0.39 is 5.41 Å². The maximum Gasteiger partial charge on any atom is 0.160 e. The van der Waals surface area contributed by atoms with Gasteiger partial charge in [-0.15, -0.1) is 0 Å². The summed E-state index contributed by atoms with van der Waals surface area (Å²) in [6, 6.07) is 87.2. The van der Waals surface area contributed by atoms with Gasteiger partial charge in [-0.2, -0.15) is 0 Å². The zero-order chi connectivity index (χ0) is 40.6. The molecular weight excluding hydrogens is 737 g/mol. The zero-order valence-electron chi connectivity index (χ0n) is 33.5. The van der Waals surface area contributed by atoms with Crippen molar-refractivity contribution < 1.29 is 0 Å². The standard InChI is InChI=1S/C59H40N2/c1-5-18-41(19-6-1)43-32-34-45(35-33-43)57-40-56(44-22-9-3-10-23-44)60-58(61-57)49-37-47(42-20-7-2-8-21-42)36-48(38-49)46-24-17-27-51(39-46)59(50-25-11-4-12-26-50)54-30-15-13-28-52(54)53-29-14-16-31-55(53)59/h1-40H. The van der Waals surface area contributed by atoms with E-state index in [1.807, 2.05) is 6.07 Å². The van der Waals surface area contributed by atoms with Gasteiger partial charge in [-0.3, -0.25) is 0 Å². The van der Waals surface area contributed by atoms with Crippen LogP contribution in [0.1, 0.15) is 22.3 Å². The van der Waals surface area contributed by atoms with Crippen LogP contribution in [0.3, 0.4) is 0 Å². The highest BCUT2D eigenvalue weighted by Gasteiger charge is 2.45. The molecule has 1 aliphatic rings. The second kappa shape index (κ2) is 15.3. The third-order valence-corrected chi connectivity index (χ3v) is 12.2. The molecule has 0 saturated carbocycles. The summed E-state index contributed by atoms with van der Waals surface area (Å²) in [5, 5.41) is 0. The topological polar surface area (TPSA) is 25.8 Å². The van der Waals surface area contributed by atoms with Crippen molar-refractivity contribution >= 4 is 0 Å². The Morgan fingerprint density at radius 1 is 0.246 bits per heavy atom. The number of aromatic nitrogens is 2. The Bertz CT molecular complexity index is 3110. The lowest BCUT2D eigenvalue weighted by Crippen LogP contribution is -2.28. The van der Waals surface area contributed by atoms with Gasteiger partial charge in [0.2, 0.25) is 0 Å². The first-order valence-electron chi connectivity index (χ1n) is 20.9. The first-order chi connectivity index (χ1) is 30.2. The SMILES string of the molecule is c1ccc(-c2ccc(-c3cc(-c4ccccc4)nc(-c4cc(-c5ccccc5)cc(-c5cccc(C6(c7ccccc7)c7ccccc7-c7ccccc76)c5)c4)n3)cc2)cc1. The maximum atomic E-state index is 5.34. The van der Waals surface area contributed by atoms with Gasteiger partial charge in [-0.1, -0.05) is 212 Å². The molecule has 11 rings (SSSR count). The Kier molecular flexibility index (Phi) is 9.09. The fourth-order valence-corrected chi connectivity index (χ4v) is 9.31. The van der Waals surface area contributed by atoms with Gasteiger partial charge in [0.05, 0.1) is 16.8 Å². The van der Waals surface area contributed by atoms with E-state index in [4.69, 9.17) is 9.97 Å². The first-order valence-corrected chi connectivity index (χ1v) is 20.9. The van der Waals surface area contributed by atoms with Gasteiger partial charge in [0.15, 0.2) is 5.82 Å². The molecule has 0 aliphatic heterocycles. The molecule has 10 aromatic rings. The van der Waals surface area contributed by atoms with Crippen molar-refractivity contribution in [3.8, 4) is 78.4 Å². The molecule has 0 fully saturated rings. The second-order valence-corrected chi connectivity index (χ2v) is 15.7. The molecule has 0 atom stereocenters. The van der Waals surface area contributed by atoms with Crippen LogP contribution in [0.4, 0.5) is 0 Å². The predicted octanol–water partition coefficient (Wildman–Crippen LogP) is 14.8. The van der Waals surface area contributed by atoms with E-state index in [-0.39, 0.29) is 0 Å². The predicted molar refractivity (Wildman–Crippen MR) is 252 cm³/mol. The molecule has 0 unspecified atom stereocenters. The molecule has 0 spiro atoms. The summed E-state index contributed by atoms with van der Waals surface area (Å²) in [7, 11) is 0. The van der Waals surface area contributed by atoms with Crippen LogP contribution in [0.15, 0.2) is 243 Å². The van der Waals surface area contributed by atoms with Crippen LogP contribution >= 0.6 is 0 Å². The summed E-state index contributed by atoms with van der Waals surface area (Å²) in [6.07, 6.45) is 0.